The zero-order valence-corrected chi connectivity index (χ0v) is 12.1. The van der Waals surface area contributed by atoms with E-state index in [0.717, 1.165) is 0 Å². The van der Waals surface area contributed by atoms with E-state index in [0.29, 0.717) is 17.0 Å². The molecule has 20 heavy (non-hydrogen) atoms. The Labute approximate surface area is 125 Å². The number of nitrogens with zero attached hydrogens (tertiary/aromatic N) is 3. The van der Waals surface area contributed by atoms with Crippen molar-refractivity contribution < 1.29 is 9.59 Å². The predicted octanol–water partition coefficient (Wildman–Crippen LogP) is 3.06. The summed E-state index contributed by atoms with van der Waals surface area (Å²) in [6, 6.07) is 4.63. The molecule has 0 saturated heterocycles. The van der Waals surface area contributed by atoms with Gasteiger partial charge in [-0.1, -0.05) is 30.1 Å². The number of halogens is 2. The van der Waals surface area contributed by atoms with Crippen molar-refractivity contribution in [2.45, 2.75) is 19.9 Å². The third kappa shape index (κ3) is 3.05. The number of hydrogen-bond donors (Lipinski definition) is 0. The summed E-state index contributed by atoms with van der Waals surface area (Å²) in [7, 11) is 0. The van der Waals surface area contributed by atoms with Crippen LogP contribution in [0, 0.1) is 0 Å². The lowest BCUT2D eigenvalue weighted by molar-refractivity contribution is 0.0951. The van der Waals surface area contributed by atoms with Crippen LogP contribution in [-0.4, -0.2) is 26.3 Å². The Balaban J connectivity index is 2.24. The van der Waals surface area contributed by atoms with Crippen molar-refractivity contribution in [2.75, 3.05) is 0 Å². The molecule has 5 nitrogen and oxygen atoms in total. The second kappa shape index (κ2) is 6.15. The van der Waals surface area contributed by atoms with Crippen LogP contribution in [0.25, 0.3) is 0 Å². The Morgan fingerprint density at radius 1 is 1.25 bits per heavy atom. The molecule has 0 radical (unpaired) electrons. The van der Waals surface area contributed by atoms with E-state index in [1.807, 2.05) is 0 Å². The second-order valence-electron chi connectivity index (χ2n) is 4.07. The number of carbonyl (C=O) groups is 2. The van der Waals surface area contributed by atoms with Gasteiger partial charge in [0.05, 0.1) is 5.02 Å². The molecule has 0 N–H and O–H groups in total. The van der Waals surface area contributed by atoms with Crippen molar-refractivity contribution in [3.05, 3.63) is 46.0 Å². The van der Waals surface area contributed by atoms with Crippen LogP contribution in [0.4, 0.5) is 0 Å². The van der Waals surface area contributed by atoms with E-state index >= 15 is 0 Å². The zero-order chi connectivity index (χ0) is 14.7. The first-order valence-electron chi connectivity index (χ1n) is 5.92. The van der Waals surface area contributed by atoms with Gasteiger partial charge in [0.15, 0.2) is 17.4 Å². The van der Waals surface area contributed by atoms with Gasteiger partial charge >= 0.3 is 0 Å². The summed E-state index contributed by atoms with van der Waals surface area (Å²) in [5.41, 5.74) is 0.335. The molecule has 2 aromatic rings. The molecule has 1 heterocycles. The Kier molecular flexibility index (Phi) is 4.52. The van der Waals surface area contributed by atoms with Crippen molar-refractivity contribution in [1.29, 1.82) is 0 Å². The first-order valence-corrected chi connectivity index (χ1v) is 6.67. The number of aromatic nitrogens is 3. The van der Waals surface area contributed by atoms with Gasteiger partial charge in [-0.05, 0) is 18.2 Å². The first kappa shape index (κ1) is 14.7. The van der Waals surface area contributed by atoms with E-state index in [9.17, 15) is 9.59 Å². The summed E-state index contributed by atoms with van der Waals surface area (Å²) < 4.78 is 1.28. The molecule has 0 saturated carbocycles. The highest BCUT2D eigenvalue weighted by Gasteiger charge is 2.17. The average Bonchev–Trinajstić information content (AvgIpc) is 2.85. The molecular weight excluding hydrogens is 301 g/mol. The second-order valence-corrected chi connectivity index (χ2v) is 4.91. The molecule has 0 fully saturated rings. The van der Waals surface area contributed by atoms with Crippen molar-refractivity contribution in [3.8, 4) is 0 Å². The van der Waals surface area contributed by atoms with Gasteiger partial charge in [0, 0.05) is 17.0 Å². The van der Waals surface area contributed by atoms with Gasteiger partial charge in [-0.2, -0.15) is 5.10 Å². The molecule has 0 amide bonds. The van der Waals surface area contributed by atoms with Crippen LogP contribution in [0.1, 0.15) is 34.3 Å². The van der Waals surface area contributed by atoms with E-state index in [1.54, 1.807) is 19.1 Å². The Hall–Kier alpha value is -1.72. The molecule has 0 atom stereocenters. The van der Waals surface area contributed by atoms with Gasteiger partial charge in [0.2, 0.25) is 0 Å². The van der Waals surface area contributed by atoms with Gasteiger partial charge in [0.25, 0.3) is 0 Å². The molecule has 0 aliphatic rings. The normalized spacial score (nSPS) is 10.6. The maximum atomic E-state index is 12.2. The molecule has 0 aliphatic heterocycles. The number of hydrogen-bond acceptors (Lipinski definition) is 4. The lowest BCUT2D eigenvalue weighted by atomic mass is 10.1. The number of Topliss-reactive ketones (excluding diaryl/α,β-unsaturated/α-hetero) is 2. The summed E-state index contributed by atoms with van der Waals surface area (Å²) in [6.45, 7) is 1.63. The van der Waals surface area contributed by atoms with Gasteiger partial charge in [-0.25, -0.2) is 9.67 Å². The van der Waals surface area contributed by atoms with Gasteiger partial charge in [-0.15, -0.1) is 0 Å². The topological polar surface area (TPSA) is 64.8 Å². The summed E-state index contributed by atoms with van der Waals surface area (Å²) in [4.78, 5) is 27.7. The minimum absolute atomic E-state index is 0.0948. The minimum atomic E-state index is -0.262. The SMILES string of the molecule is CCC(=O)c1ncnn1CC(=O)c1ccc(Cl)cc1Cl. The lowest BCUT2D eigenvalue weighted by Gasteiger charge is -2.06. The van der Waals surface area contributed by atoms with E-state index in [4.69, 9.17) is 23.2 Å². The van der Waals surface area contributed by atoms with Crippen molar-refractivity contribution >= 4 is 34.8 Å². The quantitative estimate of drug-likeness (QED) is 0.796. The molecule has 0 aliphatic carbocycles. The highest BCUT2D eigenvalue weighted by molar-refractivity contribution is 6.36. The summed E-state index contributed by atoms with van der Waals surface area (Å²) >= 11 is 11.8. The highest BCUT2D eigenvalue weighted by atomic mass is 35.5. The molecule has 2 rings (SSSR count). The van der Waals surface area contributed by atoms with E-state index in [-0.39, 0.29) is 29.0 Å². The molecule has 7 heteroatoms. The van der Waals surface area contributed by atoms with Gasteiger partial charge < -0.3 is 0 Å². The fraction of sp³-hybridized carbons (Fsp3) is 0.231. The number of rotatable bonds is 5. The summed E-state index contributed by atoms with van der Waals surface area (Å²) in [6.07, 6.45) is 1.55. The predicted molar refractivity (Wildman–Crippen MR) is 75.4 cm³/mol. The molecule has 0 spiro atoms. The monoisotopic (exact) mass is 311 g/mol. The standard InChI is InChI=1S/C13H11Cl2N3O2/c1-2-11(19)13-16-7-17-18(13)6-12(20)9-4-3-8(14)5-10(9)15/h3-5,7H,2,6H2,1H3. The van der Waals surface area contributed by atoms with Crippen molar-refractivity contribution in [1.82, 2.24) is 14.8 Å². The van der Waals surface area contributed by atoms with Crippen LogP contribution in [-0.2, 0) is 6.54 Å². The van der Waals surface area contributed by atoms with Crippen LogP contribution in [0.5, 0.6) is 0 Å². The minimum Gasteiger partial charge on any atom is -0.292 e. The number of ketones is 2. The number of benzene rings is 1. The van der Waals surface area contributed by atoms with Crippen LogP contribution in [0.15, 0.2) is 24.5 Å². The largest absolute Gasteiger partial charge is 0.292 e. The van der Waals surface area contributed by atoms with Crippen molar-refractivity contribution in [2.24, 2.45) is 0 Å². The van der Waals surface area contributed by atoms with Crippen molar-refractivity contribution in [3.63, 3.8) is 0 Å². The summed E-state index contributed by atoms with van der Waals surface area (Å²) in [5, 5.41) is 4.62. The lowest BCUT2D eigenvalue weighted by Crippen LogP contribution is -2.17. The molecule has 104 valence electrons. The fourth-order valence-corrected chi connectivity index (χ4v) is 2.20. The maximum Gasteiger partial charge on any atom is 0.199 e. The van der Waals surface area contributed by atoms with E-state index in [1.165, 1.54) is 17.1 Å². The molecule has 0 bridgehead atoms. The smallest absolute Gasteiger partial charge is 0.199 e. The molecule has 1 aromatic heterocycles. The first-order chi connectivity index (χ1) is 9.52. The van der Waals surface area contributed by atoms with E-state index in [2.05, 4.69) is 10.1 Å². The molecule has 0 unspecified atom stereocenters. The third-order valence-electron chi connectivity index (χ3n) is 2.71. The van der Waals surface area contributed by atoms with Crippen LogP contribution < -0.4 is 0 Å². The number of carbonyl (C=O) groups excluding carboxylic acids is 2. The van der Waals surface area contributed by atoms with E-state index < -0.39 is 0 Å². The summed E-state index contributed by atoms with van der Waals surface area (Å²) in [5.74, 6) is -0.259. The average molecular weight is 312 g/mol. The maximum absolute atomic E-state index is 12.2. The third-order valence-corrected chi connectivity index (χ3v) is 3.26. The van der Waals surface area contributed by atoms with Crippen LogP contribution in [0.3, 0.4) is 0 Å². The zero-order valence-electron chi connectivity index (χ0n) is 10.6. The van der Waals surface area contributed by atoms with Crippen LogP contribution >= 0.6 is 23.2 Å². The van der Waals surface area contributed by atoms with Gasteiger partial charge in [-0.3, -0.25) is 9.59 Å². The van der Waals surface area contributed by atoms with Crippen LogP contribution in [0.2, 0.25) is 10.0 Å². The Morgan fingerprint density at radius 3 is 2.65 bits per heavy atom. The molecule has 1 aromatic carbocycles. The van der Waals surface area contributed by atoms with Gasteiger partial charge in [0.1, 0.15) is 12.9 Å². The molecular formula is C13H11Cl2N3O2. The Morgan fingerprint density at radius 2 is 2.00 bits per heavy atom. The fourth-order valence-electron chi connectivity index (χ4n) is 1.69. The highest BCUT2D eigenvalue weighted by Crippen LogP contribution is 2.21. The Bertz CT molecular complexity index is 667.